The molecular formula is C25H29N5O4S. The first-order valence-corrected chi connectivity index (χ1v) is 12.8. The molecule has 5 rings (SSSR count). The van der Waals surface area contributed by atoms with Crippen LogP contribution in [0.1, 0.15) is 43.0 Å². The molecule has 0 saturated heterocycles. The summed E-state index contributed by atoms with van der Waals surface area (Å²) in [4.78, 5) is 26.0. The summed E-state index contributed by atoms with van der Waals surface area (Å²) >= 11 is 1.50. The zero-order valence-electron chi connectivity index (χ0n) is 19.5. The molecule has 1 aromatic carbocycles. The van der Waals surface area contributed by atoms with Gasteiger partial charge in [0.25, 0.3) is 0 Å². The topological polar surface area (TPSA) is 129 Å². The number of pyridine rings is 1. The van der Waals surface area contributed by atoms with Crippen molar-refractivity contribution in [1.29, 1.82) is 0 Å². The lowest BCUT2D eigenvalue weighted by molar-refractivity contribution is -0.113. The van der Waals surface area contributed by atoms with Crippen LogP contribution in [0.2, 0.25) is 0 Å². The van der Waals surface area contributed by atoms with Gasteiger partial charge in [0.15, 0.2) is 0 Å². The Kier molecular flexibility index (Phi) is 7.14. The van der Waals surface area contributed by atoms with Gasteiger partial charge in [-0.3, -0.25) is 4.79 Å². The third-order valence-electron chi connectivity index (χ3n) is 6.79. The van der Waals surface area contributed by atoms with Gasteiger partial charge in [0.2, 0.25) is 11.8 Å². The molecule has 9 nitrogen and oxygen atoms in total. The largest absolute Gasteiger partial charge is 0.480 e. The van der Waals surface area contributed by atoms with E-state index in [9.17, 15) is 15.0 Å². The molecule has 35 heavy (non-hydrogen) atoms. The Morgan fingerprint density at radius 3 is 2.80 bits per heavy atom. The van der Waals surface area contributed by atoms with Crippen molar-refractivity contribution in [2.24, 2.45) is 5.92 Å². The van der Waals surface area contributed by atoms with E-state index in [1.165, 1.54) is 25.1 Å². The number of benzene rings is 1. The van der Waals surface area contributed by atoms with Crippen LogP contribution in [-0.4, -0.2) is 56.1 Å². The summed E-state index contributed by atoms with van der Waals surface area (Å²) in [5, 5.41) is 28.4. The molecule has 3 heterocycles. The highest BCUT2D eigenvalue weighted by Crippen LogP contribution is 2.35. The molecular weight excluding hydrogens is 466 g/mol. The Balaban J connectivity index is 1.17. The van der Waals surface area contributed by atoms with Crippen molar-refractivity contribution in [3.05, 3.63) is 47.8 Å². The number of aromatic nitrogens is 3. The second-order valence-electron chi connectivity index (χ2n) is 9.04. The van der Waals surface area contributed by atoms with Gasteiger partial charge in [-0.05, 0) is 49.8 Å². The predicted molar refractivity (Wildman–Crippen MR) is 133 cm³/mol. The lowest BCUT2D eigenvalue weighted by Crippen LogP contribution is -2.37. The fourth-order valence-corrected chi connectivity index (χ4v) is 5.59. The maximum Gasteiger partial charge on any atom is 0.235 e. The summed E-state index contributed by atoms with van der Waals surface area (Å²) in [6, 6.07) is 9.73. The molecule has 0 bridgehead atoms. The maximum atomic E-state index is 11.6. The highest BCUT2D eigenvalue weighted by atomic mass is 32.2. The van der Waals surface area contributed by atoms with Crippen LogP contribution in [-0.2, 0) is 11.3 Å². The highest BCUT2D eigenvalue weighted by Gasteiger charge is 2.32. The van der Waals surface area contributed by atoms with Crippen molar-refractivity contribution in [2.75, 3.05) is 18.2 Å². The normalized spacial score (nSPS) is 21.7. The van der Waals surface area contributed by atoms with E-state index < -0.39 is 12.2 Å². The summed E-state index contributed by atoms with van der Waals surface area (Å²) in [6.07, 6.45) is 3.00. The van der Waals surface area contributed by atoms with E-state index in [4.69, 9.17) is 4.74 Å². The number of hydrogen-bond acceptors (Lipinski definition) is 9. The molecule has 1 aliphatic heterocycles. The van der Waals surface area contributed by atoms with E-state index in [0.29, 0.717) is 46.6 Å². The van der Waals surface area contributed by atoms with E-state index in [2.05, 4.69) is 25.6 Å². The average molecular weight is 496 g/mol. The number of nitrogens with zero attached hydrogens (tertiary/aromatic N) is 3. The molecule has 0 spiro atoms. The van der Waals surface area contributed by atoms with Gasteiger partial charge >= 0.3 is 0 Å². The number of aliphatic hydroxyl groups is 2. The van der Waals surface area contributed by atoms with Gasteiger partial charge in [0, 0.05) is 18.2 Å². The Hall–Kier alpha value is -2.79. The maximum absolute atomic E-state index is 11.6. The minimum atomic E-state index is -1.05. The molecule has 3 aromatic rings. The number of amides is 1. The monoisotopic (exact) mass is 495 g/mol. The Morgan fingerprint density at radius 1 is 1.17 bits per heavy atom. The number of fused-ring (bicyclic) bond motifs is 2. The highest BCUT2D eigenvalue weighted by molar-refractivity contribution is 8.00. The van der Waals surface area contributed by atoms with Crippen LogP contribution in [0.25, 0.3) is 11.0 Å². The zero-order valence-corrected chi connectivity index (χ0v) is 20.3. The van der Waals surface area contributed by atoms with Crippen molar-refractivity contribution < 1.29 is 19.7 Å². The van der Waals surface area contributed by atoms with E-state index in [1.54, 1.807) is 6.07 Å². The van der Waals surface area contributed by atoms with E-state index in [-0.39, 0.29) is 11.8 Å². The number of rotatable bonds is 7. The summed E-state index contributed by atoms with van der Waals surface area (Å²) < 4.78 is 5.18. The van der Waals surface area contributed by atoms with Gasteiger partial charge in [-0.1, -0.05) is 12.1 Å². The first-order chi connectivity index (χ1) is 17.0. The number of hydrogen-bond donors (Lipinski definition) is 4. The first kappa shape index (κ1) is 23.9. The molecule has 0 unspecified atom stereocenters. The quantitative estimate of drug-likeness (QED) is 0.391. The molecule has 1 amide bonds. The van der Waals surface area contributed by atoms with Crippen molar-refractivity contribution in [3.63, 3.8) is 0 Å². The minimum Gasteiger partial charge on any atom is -0.480 e. The van der Waals surface area contributed by atoms with Crippen LogP contribution in [0.5, 0.6) is 5.88 Å². The standard InChI is InChI=1S/C25H29N5O4S/c1-34-21-12-27-18-4-2-3-17(22(18)30-21)24(33)23(32)14-5-7-15(8-6-14)26-11-16-9-10-19-25(28-16)29-20(31)13-35-19/h2-4,9-10,12,14-15,23-24,26,32-33H,5-8,11,13H2,1H3,(H,28,29,31)/t14-,15-,23-,24-/m0/s1. The van der Waals surface area contributed by atoms with E-state index in [1.807, 2.05) is 24.3 Å². The van der Waals surface area contributed by atoms with Crippen molar-refractivity contribution in [3.8, 4) is 5.88 Å². The van der Waals surface area contributed by atoms with Crippen LogP contribution in [0.3, 0.4) is 0 Å². The number of thioether (sulfide) groups is 1. The third-order valence-corrected chi connectivity index (χ3v) is 7.84. The number of aliphatic hydroxyl groups excluding tert-OH is 2. The third kappa shape index (κ3) is 5.25. The summed E-state index contributed by atoms with van der Waals surface area (Å²) in [5.74, 6) is 1.41. The van der Waals surface area contributed by atoms with Crippen molar-refractivity contribution in [1.82, 2.24) is 20.3 Å². The van der Waals surface area contributed by atoms with Gasteiger partial charge in [-0.25, -0.2) is 15.0 Å². The molecule has 10 heteroatoms. The number of carbonyl (C=O) groups excluding carboxylic acids is 1. The van der Waals surface area contributed by atoms with Gasteiger partial charge in [0.05, 0.1) is 46.8 Å². The molecule has 2 aliphatic rings. The van der Waals surface area contributed by atoms with Gasteiger partial charge in [0.1, 0.15) is 11.9 Å². The lowest BCUT2D eigenvalue weighted by Gasteiger charge is -2.34. The minimum absolute atomic E-state index is 0.00835. The first-order valence-electron chi connectivity index (χ1n) is 11.8. The summed E-state index contributed by atoms with van der Waals surface area (Å²) in [6.45, 7) is 0.616. The van der Waals surface area contributed by atoms with Gasteiger partial charge in [-0.15, -0.1) is 11.8 Å². The average Bonchev–Trinajstić information content (AvgIpc) is 2.90. The van der Waals surface area contributed by atoms with Crippen LogP contribution < -0.4 is 15.4 Å². The number of methoxy groups -OCH3 is 1. The fourth-order valence-electron chi connectivity index (χ4n) is 4.83. The molecule has 4 N–H and O–H groups in total. The van der Waals surface area contributed by atoms with Crippen molar-refractivity contribution >= 4 is 34.5 Å². The smallest absolute Gasteiger partial charge is 0.235 e. The second kappa shape index (κ2) is 10.4. The zero-order chi connectivity index (χ0) is 24.4. The van der Waals surface area contributed by atoms with Crippen LogP contribution >= 0.6 is 11.8 Å². The second-order valence-corrected chi connectivity index (χ2v) is 10.1. The molecule has 1 fully saturated rings. The molecule has 1 aliphatic carbocycles. The van der Waals surface area contributed by atoms with Gasteiger partial charge in [-0.2, -0.15) is 0 Å². The summed E-state index contributed by atoms with van der Waals surface area (Å²) in [5.41, 5.74) is 2.64. The molecule has 184 valence electrons. The van der Waals surface area contributed by atoms with E-state index >= 15 is 0 Å². The fraction of sp³-hybridized carbons (Fsp3) is 0.440. The molecule has 2 atom stereocenters. The van der Waals surface area contributed by atoms with Crippen molar-refractivity contribution in [2.45, 2.75) is 55.4 Å². The van der Waals surface area contributed by atoms with Crippen LogP contribution in [0.4, 0.5) is 5.82 Å². The Bertz CT molecular complexity index is 1220. The van der Waals surface area contributed by atoms with Gasteiger partial charge < -0.3 is 25.6 Å². The Labute approximate surface area is 207 Å². The molecule has 1 saturated carbocycles. The number of para-hydroxylation sites is 1. The number of nitrogens with one attached hydrogen (secondary N) is 2. The number of anilines is 1. The van der Waals surface area contributed by atoms with Crippen LogP contribution in [0.15, 0.2) is 41.4 Å². The summed E-state index contributed by atoms with van der Waals surface area (Å²) in [7, 11) is 1.52. The number of ether oxygens (including phenoxy) is 1. The number of carbonyl (C=O) groups is 1. The van der Waals surface area contributed by atoms with Crippen LogP contribution in [0, 0.1) is 5.92 Å². The van der Waals surface area contributed by atoms with E-state index in [0.717, 1.165) is 36.3 Å². The lowest BCUT2D eigenvalue weighted by atomic mass is 9.80. The molecule has 0 radical (unpaired) electrons. The predicted octanol–water partition coefficient (Wildman–Crippen LogP) is 2.82. The Morgan fingerprint density at radius 2 is 2.00 bits per heavy atom. The molecule has 2 aromatic heterocycles. The SMILES string of the molecule is COc1cnc2cccc([C@H](O)[C@@H](O)[C@H]3CC[C@H](NCc4ccc5c(n4)NC(=O)CS5)CC3)c2n1.